The Morgan fingerprint density at radius 3 is 2.71 bits per heavy atom. The third-order valence-corrected chi connectivity index (χ3v) is 3.29. The Morgan fingerprint density at radius 1 is 1.29 bits per heavy atom. The van der Waals surface area contributed by atoms with Crippen molar-refractivity contribution in [3.8, 4) is 0 Å². The number of anilines is 1. The van der Waals surface area contributed by atoms with E-state index in [0.29, 0.717) is 6.04 Å². The topological polar surface area (TPSA) is 28.2 Å². The van der Waals surface area contributed by atoms with E-state index < -0.39 is 0 Å². The van der Waals surface area contributed by atoms with E-state index in [9.17, 15) is 0 Å². The van der Waals surface area contributed by atoms with Gasteiger partial charge in [-0.25, -0.2) is 4.98 Å². The Bertz CT molecular complexity index is 328. The fourth-order valence-corrected chi connectivity index (χ4v) is 2.38. The summed E-state index contributed by atoms with van der Waals surface area (Å²) >= 11 is 0. The lowest BCUT2D eigenvalue weighted by Gasteiger charge is -2.29. The first-order valence-electron chi connectivity index (χ1n) is 6.65. The van der Waals surface area contributed by atoms with E-state index in [4.69, 9.17) is 0 Å². The van der Waals surface area contributed by atoms with Gasteiger partial charge in [-0.1, -0.05) is 12.5 Å². The molecule has 2 heterocycles. The molecular weight excluding hydrogens is 210 g/mol. The molecule has 1 aliphatic rings. The lowest BCUT2D eigenvalue weighted by atomic mass is 10.1. The Kier molecular flexibility index (Phi) is 4.37. The average molecular weight is 233 g/mol. The minimum Gasteiger partial charge on any atom is -0.366 e. The summed E-state index contributed by atoms with van der Waals surface area (Å²) in [6.45, 7) is 7.93. The van der Waals surface area contributed by atoms with E-state index in [1.54, 1.807) is 0 Å². The molecule has 1 aromatic heterocycles. The lowest BCUT2D eigenvalue weighted by molar-refractivity contribution is 0.223. The number of likely N-dealkylation sites (tertiary alicyclic amines) is 1. The monoisotopic (exact) mass is 233 g/mol. The average Bonchev–Trinajstić information content (AvgIpc) is 2.33. The predicted octanol–water partition coefficient (Wildman–Crippen LogP) is 2.68. The van der Waals surface area contributed by atoms with Gasteiger partial charge >= 0.3 is 0 Å². The van der Waals surface area contributed by atoms with Crippen LogP contribution < -0.4 is 5.32 Å². The second-order valence-corrected chi connectivity index (χ2v) is 5.13. The quantitative estimate of drug-likeness (QED) is 0.866. The van der Waals surface area contributed by atoms with Crippen molar-refractivity contribution in [2.75, 3.05) is 25.0 Å². The molecule has 1 unspecified atom stereocenters. The minimum atomic E-state index is 0.461. The molecule has 94 valence electrons. The number of aryl methyl sites for hydroxylation is 1. The van der Waals surface area contributed by atoms with Gasteiger partial charge in [0, 0.05) is 18.8 Å². The van der Waals surface area contributed by atoms with Crippen LogP contribution in [0.15, 0.2) is 18.3 Å². The SMILES string of the molecule is Cc1ccc(NC(C)CN2CCCCC2)nc1. The van der Waals surface area contributed by atoms with Gasteiger partial charge in [0.05, 0.1) is 0 Å². The first-order chi connectivity index (χ1) is 8.24. The van der Waals surface area contributed by atoms with Crippen molar-refractivity contribution >= 4 is 5.82 Å². The number of hydrogen-bond donors (Lipinski definition) is 1. The maximum absolute atomic E-state index is 4.38. The molecule has 1 N–H and O–H groups in total. The second-order valence-electron chi connectivity index (χ2n) is 5.13. The van der Waals surface area contributed by atoms with Crippen molar-refractivity contribution in [1.29, 1.82) is 0 Å². The molecule has 1 aliphatic heterocycles. The maximum Gasteiger partial charge on any atom is 0.126 e. The van der Waals surface area contributed by atoms with Crippen molar-refractivity contribution in [3.63, 3.8) is 0 Å². The van der Waals surface area contributed by atoms with Crippen LogP contribution in [0, 0.1) is 6.92 Å². The number of hydrogen-bond acceptors (Lipinski definition) is 3. The number of nitrogens with zero attached hydrogens (tertiary/aromatic N) is 2. The molecule has 0 saturated carbocycles. The smallest absolute Gasteiger partial charge is 0.126 e. The predicted molar refractivity (Wildman–Crippen MR) is 72.3 cm³/mol. The van der Waals surface area contributed by atoms with Crippen LogP contribution >= 0.6 is 0 Å². The van der Waals surface area contributed by atoms with Gasteiger partial charge < -0.3 is 10.2 Å². The van der Waals surface area contributed by atoms with E-state index in [1.807, 2.05) is 6.20 Å². The molecule has 0 radical (unpaired) electrons. The van der Waals surface area contributed by atoms with Gasteiger partial charge in [0.15, 0.2) is 0 Å². The Labute approximate surface area is 104 Å². The highest BCUT2D eigenvalue weighted by Gasteiger charge is 2.13. The molecule has 0 spiro atoms. The van der Waals surface area contributed by atoms with Gasteiger partial charge in [-0.3, -0.25) is 0 Å². The highest BCUT2D eigenvalue weighted by Crippen LogP contribution is 2.11. The fraction of sp³-hybridized carbons (Fsp3) is 0.643. The molecule has 17 heavy (non-hydrogen) atoms. The molecule has 1 saturated heterocycles. The van der Waals surface area contributed by atoms with E-state index in [0.717, 1.165) is 12.4 Å². The van der Waals surface area contributed by atoms with E-state index in [1.165, 1.54) is 37.9 Å². The van der Waals surface area contributed by atoms with Crippen LogP contribution in [0.25, 0.3) is 0 Å². The Balaban J connectivity index is 1.79. The molecule has 0 aromatic carbocycles. The summed E-state index contributed by atoms with van der Waals surface area (Å²) in [6, 6.07) is 4.62. The van der Waals surface area contributed by atoms with Crippen molar-refractivity contribution in [2.45, 2.75) is 39.2 Å². The van der Waals surface area contributed by atoms with Gasteiger partial charge in [-0.05, 0) is 51.4 Å². The summed E-state index contributed by atoms with van der Waals surface area (Å²) in [5.74, 6) is 0.986. The van der Waals surface area contributed by atoms with Gasteiger partial charge in [0.2, 0.25) is 0 Å². The molecule has 1 atom stereocenters. The van der Waals surface area contributed by atoms with Crippen molar-refractivity contribution in [2.24, 2.45) is 0 Å². The molecule has 3 nitrogen and oxygen atoms in total. The van der Waals surface area contributed by atoms with E-state index >= 15 is 0 Å². The van der Waals surface area contributed by atoms with Gasteiger partial charge in [0.1, 0.15) is 5.82 Å². The highest BCUT2D eigenvalue weighted by molar-refractivity contribution is 5.36. The zero-order valence-corrected chi connectivity index (χ0v) is 10.9. The highest BCUT2D eigenvalue weighted by atomic mass is 15.2. The number of aromatic nitrogens is 1. The molecule has 2 rings (SSSR count). The molecule has 0 amide bonds. The number of nitrogens with one attached hydrogen (secondary N) is 1. The summed E-state index contributed by atoms with van der Waals surface area (Å²) in [6.07, 6.45) is 6.03. The van der Waals surface area contributed by atoms with Gasteiger partial charge in [-0.15, -0.1) is 0 Å². The van der Waals surface area contributed by atoms with Crippen molar-refractivity contribution in [1.82, 2.24) is 9.88 Å². The van der Waals surface area contributed by atoms with Gasteiger partial charge in [0.25, 0.3) is 0 Å². The second kappa shape index (κ2) is 6.01. The summed E-state index contributed by atoms with van der Waals surface area (Å²) < 4.78 is 0. The van der Waals surface area contributed by atoms with Crippen LogP contribution in [0.4, 0.5) is 5.82 Å². The van der Waals surface area contributed by atoms with Crippen molar-refractivity contribution < 1.29 is 0 Å². The normalized spacial score (nSPS) is 18.9. The summed E-state index contributed by atoms with van der Waals surface area (Å²) in [5.41, 5.74) is 1.21. The van der Waals surface area contributed by atoms with Gasteiger partial charge in [-0.2, -0.15) is 0 Å². The first-order valence-corrected chi connectivity index (χ1v) is 6.65. The Hall–Kier alpha value is -1.09. The minimum absolute atomic E-state index is 0.461. The zero-order chi connectivity index (χ0) is 12.1. The molecule has 1 aromatic rings. The van der Waals surface area contributed by atoms with Crippen LogP contribution in [0.1, 0.15) is 31.7 Å². The number of rotatable bonds is 4. The fourth-order valence-electron chi connectivity index (χ4n) is 2.38. The summed E-state index contributed by atoms with van der Waals surface area (Å²) in [5, 5.41) is 3.46. The largest absolute Gasteiger partial charge is 0.366 e. The standard InChI is InChI=1S/C14H23N3/c1-12-6-7-14(15-10-12)16-13(2)11-17-8-4-3-5-9-17/h6-7,10,13H,3-5,8-9,11H2,1-2H3,(H,15,16). The van der Waals surface area contributed by atoms with Crippen molar-refractivity contribution in [3.05, 3.63) is 23.9 Å². The van der Waals surface area contributed by atoms with E-state index in [2.05, 4.69) is 41.2 Å². The molecule has 1 fully saturated rings. The third-order valence-electron chi connectivity index (χ3n) is 3.29. The van der Waals surface area contributed by atoms with Crippen LogP contribution in [-0.2, 0) is 0 Å². The number of piperidine rings is 1. The summed E-state index contributed by atoms with van der Waals surface area (Å²) in [7, 11) is 0. The van der Waals surface area contributed by atoms with Crippen LogP contribution in [0.3, 0.4) is 0 Å². The molecule has 3 heteroatoms. The Morgan fingerprint density at radius 2 is 2.06 bits per heavy atom. The van der Waals surface area contributed by atoms with Crippen LogP contribution in [0.5, 0.6) is 0 Å². The maximum atomic E-state index is 4.38. The zero-order valence-electron chi connectivity index (χ0n) is 10.9. The molecule has 0 bridgehead atoms. The first kappa shape index (κ1) is 12.4. The van der Waals surface area contributed by atoms with E-state index in [-0.39, 0.29) is 0 Å². The molecule has 0 aliphatic carbocycles. The van der Waals surface area contributed by atoms with Crippen LogP contribution in [-0.4, -0.2) is 35.6 Å². The molecular formula is C14H23N3. The lowest BCUT2D eigenvalue weighted by Crippen LogP contribution is -2.38. The van der Waals surface area contributed by atoms with Crippen LogP contribution in [0.2, 0.25) is 0 Å². The number of pyridine rings is 1. The third kappa shape index (κ3) is 4.00. The summed E-state index contributed by atoms with van der Waals surface area (Å²) in [4.78, 5) is 6.93.